The van der Waals surface area contributed by atoms with E-state index in [9.17, 15) is 4.79 Å². The van der Waals surface area contributed by atoms with E-state index < -0.39 is 0 Å². The first-order chi connectivity index (χ1) is 14.8. The van der Waals surface area contributed by atoms with E-state index in [4.69, 9.17) is 18.9 Å². The van der Waals surface area contributed by atoms with E-state index in [0.29, 0.717) is 19.6 Å². The van der Waals surface area contributed by atoms with E-state index in [1.165, 1.54) is 64.2 Å². The van der Waals surface area contributed by atoms with E-state index in [0.717, 1.165) is 38.7 Å². The fraction of sp³-hybridized carbons (Fsp3) is 0.960. The van der Waals surface area contributed by atoms with Crippen molar-refractivity contribution in [3.63, 3.8) is 0 Å². The average molecular weight is 429 g/mol. The van der Waals surface area contributed by atoms with Crippen molar-refractivity contribution in [3.05, 3.63) is 0 Å². The fourth-order valence-electron chi connectivity index (χ4n) is 3.78. The maximum absolute atomic E-state index is 12.0. The normalized spacial score (nSPS) is 17.9. The number of methoxy groups -OCH3 is 1. The molecule has 0 aliphatic carbocycles. The highest BCUT2D eigenvalue weighted by molar-refractivity contribution is 5.79. The average Bonchev–Trinajstić information content (AvgIpc) is 2.77. The molecule has 0 amide bonds. The van der Waals surface area contributed by atoms with Gasteiger partial charge in [-0.3, -0.25) is 4.79 Å². The van der Waals surface area contributed by atoms with Gasteiger partial charge in [0.2, 0.25) is 0 Å². The number of ether oxygens (including phenoxy) is 4. The van der Waals surface area contributed by atoms with Crippen LogP contribution >= 0.6 is 0 Å². The monoisotopic (exact) mass is 428 g/mol. The second-order valence-electron chi connectivity index (χ2n) is 8.68. The fourth-order valence-corrected chi connectivity index (χ4v) is 3.78. The van der Waals surface area contributed by atoms with Crippen LogP contribution in [0.2, 0.25) is 0 Å². The van der Waals surface area contributed by atoms with E-state index >= 15 is 0 Å². The van der Waals surface area contributed by atoms with Crippen LogP contribution in [0.25, 0.3) is 0 Å². The molecule has 0 aromatic carbocycles. The van der Waals surface area contributed by atoms with Gasteiger partial charge < -0.3 is 18.9 Å². The van der Waals surface area contributed by atoms with Gasteiger partial charge in [0.05, 0.1) is 13.2 Å². The number of carbonyl (C=O) groups excluding carboxylic acids is 1. The summed E-state index contributed by atoms with van der Waals surface area (Å²) in [4.78, 5) is 12.0. The van der Waals surface area contributed by atoms with E-state index in [1.807, 2.05) is 0 Å². The van der Waals surface area contributed by atoms with Crippen molar-refractivity contribution in [1.82, 2.24) is 0 Å². The number of carbonyl (C=O) groups is 1. The Kier molecular flexibility index (Phi) is 18.7. The Bertz CT molecular complexity index is 382. The third-order valence-electron chi connectivity index (χ3n) is 5.82. The van der Waals surface area contributed by atoms with Crippen molar-refractivity contribution in [3.8, 4) is 0 Å². The Balaban J connectivity index is 1.86. The third-order valence-corrected chi connectivity index (χ3v) is 5.82. The summed E-state index contributed by atoms with van der Waals surface area (Å²) in [5.74, 6) is 0.188. The molecular weight excluding hydrogens is 380 g/mol. The van der Waals surface area contributed by atoms with Crippen LogP contribution in [0.15, 0.2) is 0 Å². The highest BCUT2D eigenvalue weighted by atomic mass is 16.7. The largest absolute Gasteiger partial charge is 0.377 e. The molecule has 5 heteroatoms. The first kappa shape index (κ1) is 27.5. The Morgan fingerprint density at radius 1 is 0.900 bits per heavy atom. The summed E-state index contributed by atoms with van der Waals surface area (Å²) in [5.41, 5.74) is 0. The molecule has 5 nitrogen and oxygen atoms in total. The molecule has 0 radical (unpaired) electrons. The van der Waals surface area contributed by atoms with Crippen LogP contribution in [-0.2, 0) is 23.7 Å². The van der Waals surface area contributed by atoms with Crippen LogP contribution < -0.4 is 0 Å². The van der Waals surface area contributed by atoms with Crippen molar-refractivity contribution in [1.29, 1.82) is 0 Å². The zero-order valence-electron chi connectivity index (χ0n) is 19.8. The van der Waals surface area contributed by atoms with E-state index in [1.54, 1.807) is 7.11 Å². The molecule has 1 aliphatic heterocycles. The lowest BCUT2D eigenvalue weighted by atomic mass is 10.0. The van der Waals surface area contributed by atoms with Gasteiger partial charge in [-0.2, -0.15) is 0 Å². The first-order valence-electron chi connectivity index (χ1n) is 12.6. The predicted molar refractivity (Wildman–Crippen MR) is 122 cm³/mol. The van der Waals surface area contributed by atoms with Crippen molar-refractivity contribution in [2.45, 2.75) is 122 Å². The molecule has 178 valence electrons. The van der Waals surface area contributed by atoms with Crippen LogP contribution in [0.1, 0.15) is 110 Å². The molecule has 0 aromatic rings. The van der Waals surface area contributed by atoms with E-state index in [2.05, 4.69) is 6.92 Å². The number of Topliss-reactive ketones (excluding diaryl/α,β-unsaturated/α-hetero) is 1. The van der Waals surface area contributed by atoms with Gasteiger partial charge in [0, 0.05) is 20.1 Å². The molecule has 30 heavy (non-hydrogen) atoms. The molecule has 1 heterocycles. The highest BCUT2D eigenvalue weighted by Gasteiger charge is 2.17. The second-order valence-corrected chi connectivity index (χ2v) is 8.68. The summed E-state index contributed by atoms with van der Waals surface area (Å²) in [6, 6.07) is 0. The van der Waals surface area contributed by atoms with Crippen LogP contribution in [0, 0.1) is 0 Å². The van der Waals surface area contributed by atoms with Gasteiger partial charge in [0.25, 0.3) is 0 Å². The smallest absolute Gasteiger partial charge is 0.158 e. The Morgan fingerprint density at radius 3 is 2.10 bits per heavy atom. The third kappa shape index (κ3) is 16.2. The number of hydrogen-bond acceptors (Lipinski definition) is 5. The van der Waals surface area contributed by atoms with Gasteiger partial charge in [0.1, 0.15) is 12.7 Å². The number of unbranched alkanes of at least 4 members (excludes halogenated alkanes) is 11. The maximum atomic E-state index is 12.0. The predicted octanol–water partition coefficient (Wildman–Crippen LogP) is 6.22. The summed E-state index contributed by atoms with van der Waals surface area (Å²) in [6.07, 6.45) is 19.3. The standard InChI is InChI=1S/C25H48O5/c1-3-4-5-6-7-8-9-10-11-12-13-14-17-23(26)20-28-21-24(27-2)22-30-25-18-15-16-19-29-25/h24-25H,3-22H2,1-2H3. The highest BCUT2D eigenvalue weighted by Crippen LogP contribution is 2.14. The lowest BCUT2D eigenvalue weighted by Crippen LogP contribution is -2.31. The van der Waals surface area contributed by atoms with Crippen molar-refractivity contribution in [2.75, 3.05) is 33.5 Å². The molecule has 1 aliphatic rings. The zero-order valence-corrected chi connectivity index (χ0v) is 19.8. The molecule has 0 N–H and O–H groups in total. The number of hydrogen-bond donors (Lipinski definition) is 0. The summed E-state index contributed by atoms with van der Waals surface area (Å²) < 4.78 is 22.2. The maximum Gasteiger partial charge on any atom is 0.158 e. The topological polar surface area (TPSA) is 54.0 Å². The molecule has 0 aromatic heterocycles. The summed E-state index contributed by atoms with van der Waals surface area (Å²) in [6.45, 7) is 4.04. The minimum Gasteiger partial charge on any atom is -0.377 e. The molecule has 0 spiro atoms. The summed E-state index contributed by atoms with van der Waals surface area (Å²) in [7, 11) is 1.65. The van der Waals surface area contributed by atoms with Gasteiger partial charge in [-0.05, 0) is 25.7 Å². The first-order valence-corrected chi connectivity index (χ1v) is 12.6. The molecule has 1 rings (SSSR count). The van der Waals surface area contributed by atoms with Gasteiger partial charge in [0.15, 0.2) is 12.1 Å². The Morgan fingerprint density at radius 2 is 1.53 bits per heavy atom. The lowest BCUT2D eigenvalue weighted by Gasteiger charge is -2.24. The van der Waals surface area contributed by atoms with Crippen molar-refractivity contribution in [2.24, 2.45) is 0 Å². The van der Waals surface area contributed by atoms with Crippen LogP contribution in [-0.4, -0.2) is 51.7 Å². The molecule has 2 atom stereocenters. The van der Waals surface area contributed by atoms with Gasteiger partial charge in [-0.25, -0.2) is 0 Å². The quantitative estimate of drug-likeness (QED) is 0.203. The molecular formula is C25H48O5. The molecule has 1 fully saturated rings. The second kappa shape index (κ2) is 20.4. The molecule has 2 unspecified atom stereocenters. The summed E-state index contributed by atoms with van der Waals surface area (Å²) >= 11 is 0. The van der Waals surface area contributed by atoms with Crippen molar-refractivity contribution < 1.29 is 23.7 Å². The molecule has 0 saturated carbocycles. The number of rotatable bonds is 21. The van der Waals surface area contributed by atoms with E-state index in [-0.39, 0.29) is 24.8 Å². The van der Waals surface area contributed by atoms with Gasteiger partial charge in [-0.15, -0.1) is 0 Å². The summed E-state index contributed by atoms with van der Waals surface area (Å²) in [5, 5.41) is 0. The Hall–Kier alpha value is -0.490. The van der Waals surface area contributed by atoms with Gasteiger partial charge >= 0.3 is 0 Å². The molecule has 0 bridgehead atoms. The SMILES string of the molecule is CCCCCCCCCCCCCCC(=O)COCC(COC1CCCCO1)OC. The minimum atomic E-state index is -0.157. The zero-order chi connectivity index (χ0) is 21.7. The molecule has 1 saturated heterocycles. The number of ketones is 1. The van der Waals surface area contributed by atoms with Crippen molar-refractivity contribution >= 4 is 5.78 Å². The van der Waals surface area contributed by atoms with Gasteiger partial charge in [-0.1, -0.05) is 77.6 Å². The van der Waals surface area contributed by atoms with Crippen LogP contribution in [0.5, 0.6) is 0 Å². The minimum absolute atomic E-state index is 0.121. The van der Waals surface area contributed by atoms with Crippen LogP contribution in [0.3, 0.4) is 0 Å². The Labute approximate surface area is 185 Å². The lowest BCUT2D eigenvalue weighted by molar-refractivity contribution is -0.182. The van der Waals surface area contributed by atoms with Crippen LogP contribution in [0.4, 0.5) is 0 Å².